The minimum atomic E-state index is -3.79. The number of carbonyl (C=O) groups excluding carboxylic acids is 1. The molecule has 3 rings (SSSR count). The van der Waals surface area contributed by atoms with Gasteiger partial charge in [-0.05, 0) is 40.2 Å². The van der Waals surface area contributed by atoms with Crippen molar-refractivity contribution in [3.8, 4) is 40.2 Å². The topological polar surface area (TPSA) is 141 Å². The van der Waals surface area contributed by atoms with Gasteiger partial charge in [0, 0.05) is 35.4 Å². The molecule has 0 amide bonds. The van der Waals surface area contributed by atoms with Crippen LogP contribution in [0.1, 0.15) is 21.6 Å². The molecule has 0 aliphatic heterocycles. The van der Waals surface area contributed by atoms with Crippen molar-refractivity contribution in [2.45, 2.75) is 5.75 Å². The highest BCUT2D eigenvalue weighted by molar-refractivity contribution is 9.10. The van der Waals surface area contributed by atoms with Crippen LogP contribution in [0.15, 0.2) is 52.5 Å². The van der Waals surface area contributed by atoms with E-state index in [4.69, 9.17) is 33.2 Å². The van der Waals surface area contributed by atoms with Crippen molar-refractivity contribution in [1.82, 2.24) is 4.98 Å². The van der Waals surface area contributed by atoms with E-state index < -0.39 is 21.4 Å². The number of ether oxygens (including phenoxy) is 7. The fraction of sp³-hybridized carbons (Fsp3) is 0.267. The van der Waals surface area contributed by atoms with E-state index in [-0.39, 0.29) is 17.1 Å². The van der Waals surface area contributed by atoms with E-state index in [1.807, 2.05) is 0 Å². The average molecular weight is 694 g/mol. The van der Waals surface area contributed by atoms with Gasteiger partial charge in [-0.25, -0.2) is 13.4 Å². The summed E-state index contributed by atoms with van der Waals surface area (Å²) in [5.41, 5.74) is 0.922. The fourth-order valence-corrected chi connectivity index (χ4v) is 5.71. The summed E-state index contributed by atoms with van der Waals surface area (Å²) in [6, 6.07) is 7.87. The number of benzene rings is 2. The molecule has 236 valence electrons. The zero-order valence-corrected chi connectivity index (χ0v) is 27.6. The van der Waals surface area contributed by atoms with Gasteiger partial charge >= 0.3 is 0 Å². The Labute approximate surface area is 264 Å². The van der Waals surface area contributed by atoms with Gasteiger partial charge in [-0.2, -0.15) is 0 Å². The molecule has 0 saturated heterocycles. The summed E-state index contributed by atoms with van der Waals surface area (Å²) in [5.74, 6) is 1.92. The molecule has 0 atom stereocenters. The van der Waals surface area contributed by atoms with Crippen molar-refractivity contribution in [2.75, 3.05) is 55.1 Å². The van der Waals surface area contributed by atoms with Crippen LogP contribution in [0.3, 0.4) is 0 Å². The number of rotatable bonds is 15. The molecule has 0 aliphatic carbocycles. The van der Waals surface area contributed by atoms with E-state index in [9.17, 15) is 13.2 Å². The lowest BCUT2D eigenvalue weighted by molar-refractivity contribution is 0.104. The number of sulfone groups is 1. The molecule has 0 bridgehead atoms. The lowest BCUT2D eigenvalue weighted by Gasteiger charge is -2.15. The molecule has 0 spiro atoms. The third kappa shape index (κ3) is 7.94. The summed E-state index contributed by atoms with van der Waals surface area (Å²) >= 11 is 3.39. The number of carbonyl (C=O) groups is 1. The first-order valence-electron chi connectivity index (χ1n) is 12.8. The Balaban J connectivity index is 1.84. The molecule has 1 aromatic heterocycles. The first-order valence-corrected chi connectivity index (χ1v) is 15.3. The molecular formula is C30H33BrN2O10S. The van der Waals surface area contributed by atoms with Gasteiger partial charge in [0.25, 0.3) is 0 Å². The maximum absolute atomic E-state index is 13.0. The van der Waals surface area contributed by atoms with Crippen LogP contribution in [0.4, 0.5) is 5.82 Å². The molecule has 12 nitrogen and oxygen atoms in total. The Hall–Kier alpha value is -4.43. The maximum atomic E-state index is 13.0. The normalized spacial score (nSPS) is 11.4. The molecule has 1 heterocycles. The molecule has 3 aromatic rings. The number of methoxy groups -OCH3 is 7. The number of hydrogen-bond donors (Lipinski definition) is 1. The maximum Gasteiger partial charge on any atom is 0.204 e. The summed E-state index contributed by atoms with van der Waals surface area (Å²) in [4.78, 5) is 17.4. The van der Waals surface area contributed by atoms with Crippen molar-refractivity contribution in [2.24, 2.45) is 0 Å². The van der Waals surface area contributed by atoms with E-state index in [0.717, 1.165) is 5.41 Å². The van der Waals surface area contributed by atoms with Gasteiger partial charge in [-0.15, -0.1) is 0 Å². The fourth-order valence-electron chi connectivity index (χ4n) is 4.04. The molecule has 2 aromatic carbocycles. The third-order valence-corrected chi connectivity index (χ3v) is 8.21. The highest BCUT2D eigenvalue weighted by Gasteiger charge is 2.22. The van der Waals surface area contributed by atoms with Crippen molar-refractivity contribution >= 4 is 43.4 Å². The zero-order chi connectivity index (χ0) is 32.4. The van der Waals surface area contributed by atoms with Crippen LogP contribution in [0.2, 0.25) is 0 Å². The Kier molecular flexibility index (Phi) is 11.9. The summed E-state index contributed by atoms with van der Waals surface area (Å²) in [6.45, 7) is 0. The number of nitrogens with zero attached hydrogens (tertiary/aromatic N) is 1. The van der Waals surface area contributed by atoms with Crippen LogP contribution in [0.25, 0.3) is 6.08 Å². The predicted octanol–water partition coefficient (Wildman–Crippen LogP) is 5.30. The molecule has 14 heteroatoms. The minimum Gasteiger partial charge on any atom is -0.496 e. The lowest BCUT2D eigenvalue weighted by atomic mass is 10.1. The van der Waals surface area contributed by atoms with Crippen LogP contribution >= 0.6 is 15.9 Å². The first kappa shape index (κ1) is 34.1. The van der Waals surface area contributed by atoms with Crippen LogP contribution in [0, 0.1) is 0 Å². The summed E-state index contributed by atoms with van der Waals surface area (Å²) in [7, 11) is 6.43. The third-order valence-electron chi connectivity index (χ3n) is 6.17. The molecule has 0 unspecified atom stereocenters. The standard InChI is InChI=1S/C30H33BrN2O10S/c1-37-19-14-24(39-3)20(25(15-19)40-4)11-13-44(35,36)17-18-8-9-23(38-2)30(33-18)32-12-10-22(34)21-16-26(41-5)28(42-6)29(43-7)27(21)31/h8-16H,17H2,1-7H3,(H,32,33). The minimum absolute atomic E-state index is 0.204. The van der Waals surface area contributed by atoms with Gasteiger partial charge in [0.05, 0.1) is 71.3 Å². The van der Waals surface area contributed by atoms with Crippen molar-refractivity contribution in [3.63, 3.8) is 0 Å². The van der Waals surface area contributed by atoms with E-state index in [2.05, 4.69) is 26.2 Å². The van der Waals surface area contributed by atoms with E-state index >= 15 is 0 Å². The number of allylic oxidation sites excluding steroid dienone is 1. The summed E-state index contributed by atoms with van der Waals surface area (Å²) in [5, 5.41) is 3.95. The quantitative estimate of drug-likeness (QED) is 0.163. The molecule has 0 fully saturated rings. The van der Waals surface area contributed by atoms with E-state index in [1.54, 1.807) is 18.2 Å². The Morgan fingerprint density at radius 3 is 1.98 bits per heavy atom. The van der Waals surface area contributed by atoms with Crippen LogP contribution in [0.5, 0.6) is 40.2 Å². The van der Waals surface area contributed by atoms with Gasteiger partial charge in [0.1, 0.15) is 17.2 Å². The molecule has 44 heavy (non-hydrogen) atoms. The average Bonchev–Trinajstić information content (AvgIpc) is 3.02. The summed E-state index contributed by atoms with van der Waals surface area (Å²) < 4.78 is 63.9. The van der Waals surface area contributed by atoms with Crippen LogP contribution in [-0.2, 0) is 15.6 Å². The van der Waals surface area contributed by atoms with Crippen molar-refractivity contribution < 1.29 is 46.4 Å². The molecule has 0 radical (unpaired) electrons. The smallest absolute Gasteiger partial charge is 0.204 e. The molecular weight excluding hydrogens is 660 g/mol. The highest BCUT2D eigenvalue weighted by atomic mass is 79.9. The molecule has 1 N–H and O–H groups in total. The van der Waals surface area contributed by atoms with Crippen LogP contribution < -0.4 is 38.5 Å². The van der Waals surface area contributed by atoms with Gasteiger partial charge in [-0.3, -0.25) is 4.79 Å². The number of hydrogen-bond acceptors (Lipinski definition) is 12. The number of pyridine rings is 1. The monoisotopic (exact) mass is 692 g/mol. The van der Waals surface area contributed by atoms with Gasteiger partial charge in [0.2, 0.25) is 5.75 Å². The molecule has 0 saturated carbocycles. The van der Waals surface area contributed by atoms with Crippen molar-refractivity contribution in [3.05, 3.63) is 69.3 Å². The second-order valence-electron chi connectivity index (χ2n) is 8.76. The summed E-state index contributed by atoms with van der Waals surface area (Å²) in [6.07, 6.45) is 4.03. The van der Waals surface area contributed by atoms with Gasteiger partial charge < -0.3 is 38.5 Å². The lowest BCUT2D eigenvalue weighted by Crippen LogP contribution is -2.06. The Morgan fingerprint density at radius 2 is 1.43 bits per heavy atom. The first-order chi connectivity index (χ1) is 21.1. The molecule has 0 aliphatic rings. The van der Waals surface area contributed by atoms with E-state index in [1.165, 1.54) is 80.3 Å². The second kappa shape index (κ2) is 15.3. The largest absolute Gasteiger partial charge is 0.496 e. The number of nitrogens with one attached hydrogen (secondary N) is 1. The Bertz CT molecular complexity index is 1650. The van der Waals surface area contributed by atoms with Crippen LogP contribution in [-0.4, -0.2) is 69.0 Å². The number of halogens is 1. The Morgan fingerprint density at radius 1 is 0.818 bits per heavy atom. The number of anilines is 1. The number of aromatic nitrogens is 1. The van der Waals surface area contributed by atoms with Gasteiger partial charge in [0.15, 0.2) is 38.7 Å². The van der Waals surface area contributed by atoms with Crippen molar-refractivity contribution in [1.29, 1.82) is 0 Å². The SMILES string of the molecule is COc1cc(OC)c(C=CS(=O)(=O)Cc2ccc(OC)c(NC=CC(=O)c3cc(OC)c(OC)c(OC)c3Br)n2)c(OC)c1. The van der Waals surface area contributed by atoms with Gasteiger partial charge in [-0.1, -0.05) is 0 Å². The zero-order valence-electron chi connectivity index (χ0n) is 25.2. The number of ketones is 1. The van der Waals surface area contributed by atoms with E-state index in [0.29, 0.717) is 50.3 Å². The second-order valence-corrected chi connectivity index (χ2v) is 11.4. The highest BCUT2D eigenvalue weighted by Crippen LogP contribution is 2.45. The predicted molar refractivity (Wildman–Crippen MR) is 169 cm³/mol.